The van der Waals surface area contributed by atoms with E-state index in [1.54, 1.807) is 4.90 Å². The van der Waals surface area contributed by atoms with Crippen LogP contribution in [0.1, 0.15) is 27.2 Å². The molecule has 0 saturated carbocycles. The van der Waals surface area contributed by atoms with Crippen LogP contribution < -0.4 is 0 Å². The first-order chi connectivity index (χ1) is 9.65. The molecule has 0 spiro atoms. The normalized spacial score (nSPS) is 18.8. The predicted molar refractivity (Wildman–Crippen MR) is 74.2 cm³/mol. The van der Waals surface area contributed by atoms with Gasteiger partial charge in [-0.3, -0.25) is 0 Å². The third-order valence-corrected chi connectivity index (χ3v) is 6.51. The lowest BCUT2D eigenvalue weighted by Gasteiger charge is -2.46. The van der Waals surface area contributed by atoms with Gasteiger partial charge in [0, 0.05) is 26.4 Å². The van der Waals surface area contributed by atoms with Gasteiger partial charge >= 0.3 is 14.9 Å². The van der Waals surface area contributed by atoms with Crippen LogP contribution in [0.4, 0.5) is 4.79 Å². The number of ether oxygens (including phenoxy) is 1. The minimum atomic E-state index is -2.91. The van der Waals surface area contributed by atoms with E-state index in [1.807, 2.05) is 20.8 Å². The van der Waals surface area contributed by atoms with E-state index in [2.05, 4.69) is 0 Å². The number of likely N-dealkylation sites (tertiary alicyclic amines) is 1. The Balaban J connectivity index is 2.76. The van der Waals surface area contributed by atoms with Crippen molar-refractivity contribution in [2.24, 2.45) is 0 Å². The topological polar surface area (TPSA) is 77.5 Å². The molecule has 1 atom stereocenters. The molecule has 0 aromatic rings. The number of hydrogen-bond acceptors (Lipinski definition) is 6. The molecular weight excluding hydrogens is 282 g/mol. The van der Waals surface area contributed by atoms with Gasteiger partial charge in [0.1, 0.15) is 12.3 Å². The number of amides is 1. The summed E-state index contributed by atoms with van der Waals surface area (Å²) in [4.78, 5) is 13.5. The second-order valence-electron chi connectivity index (χ2n) is 4.24. The van der Waals surface area contributed by atoms with Crippen molar-refractivity contribution in [3.8, 4) is 0 Å². The minimum Gasteiger partial charge on any atom is -0.447 e. The lowest BCUT2D eigenvalue weighted by molar-refractivity contribution is -0.00133. The summed E-state index contributed by atoms with van der Waals surface area (Å²) < 4.78 is 22.3. The van der Waals surface area contributed by atoms with Crippen LogP contribution in [0.3, 0.4) is 0 Å². The van der Waals surface area contributed by atoms with Crippen molar-refractivity contribution in [2.75, 3.05) is 39.6 Å². The molecule has 0 aromatic heterocycles. The average molecular weight is 307 g/mol. The van der Waals surface area contributed by atoms with E-state index in [9.17, 15) is 4.79 Å². The number of nitrogens with zero attached hydrogens (tertiary/aromatic N) is 1. The summed E-state index contributed by atoms with van der Waals surface area (Å²) >= 11 is 0. The highest BCUT2D eigenvalue weighted by Crippen LogP contribution is 2.30. The van der Waals surface area contributed by atoms with Crippen molar-refractivity contribution in [2.45, 2.75) is 32.9 Å². The van der Waals surface area contributed by atoms with Crippen molar-refractivity contribution < 1.29 is 27.9 Å². The van der Waals surface area contributed by atoms with Crippen LogP contribution in [-0.4, -0.2) is 70.1 Å². The SMILES string of the molecule is CCO[Si](OCC)(OCC)C1CCN1C(=O)OCCO. The maximum Gasteiger partial charge on any atom is 0.524 e. The lowest BCUT2D eigenvalue weighted by Crippen LogP contribution is -2.69. The van der Waals surface area contributed by atoms with Gasteiger partial charge in [-0.25, -0.2) is 4.79 Å². The van der Waals surface area contributed by atoms with E-state index in [4.69, 9.17) is 23.1 Å². The maximum atomic E-state index is 11.9. The number of carbonyl (C=O) groups is 1. The molecule has 8 heteroatoms. The zero-order valence-electron chi connectivity index (χ0n) is 12.5. The van der Waals surface area contributed by atoms with E-state index < -0.39 is 14.9 Å². The first kappa shape index (κ1) is 17.4. The number of hydrogen-bond donors (Lipinski definition) is 1. The predicted octanol–water partition coefficient (Wildman–Crippen LogP) is 0.777. The molecule has 1 heterocycles. The van der Waals surface area contributed by atoms with E-state index in [-0.39, 0.29) is 18.9 Å². The summed E-state index contributed by atoms with van der Waals surface area (Å²) in [6, 6.07) is 0. The first-order valence-corrected chi connectivity index (χ1v) is 8.91. The lowest BCUT2D eigenvalue weighted by atomic mass is 10.2. The Kier molecular flexibility index (Phi) is 7.45. The van der Waals surface area contributed by atoms with E-state index >= 15 is 0 Å². The number of aliphatic hydroxyl groups excluding tert-OH is 1. The van der Waals surface area contributed by atoms with Gasteiger partial charge in [0.15, 0.2) is 0 Å². The molecule has 1 fully saturated rings. The van der Waals surface area contributed by atoms with Crippen LogP contribution in [0.5, 0.6) is 0 Å². The fourth-order valence-corrected chi connectivity index (χ4v) is 5.34. The molecule has 0 aliphatic carbocycles. The Morgan fingerprint density at radius 2 is 1.75 bits per heavy atom. The van der Waals surface area contributed by atoms with Crippen molar-refractivity contribution in [3.05, 3.63) is 0 Å². The molecule has 1 amide bonds. The molecular formula is C12H25NO6Si. The van der Waals surface area contributed by atoms with Gasteiger partial charge in [-0.05, 0) is 27.2 Å². The summed E-state index contributed by atoms with van der Waals surface area (Å²) in [5.41, 5.74) is -0.200. The molecule has 1 rings (SSSR count). The van der Waals surface area contributed by atoms with Crippen LogP contribution in [0.15, 0.2) is 0 Å². The average Bonchev–Trinajstić information content (AvgIpc) is 2.36. The van der Waals surface area contributed by atoms with Crippen LogP contribution in [0.25, 0.3) is 0 Å². The van der Waals surface area contributed by atoms with Gasteiger partial charge in [0.2, 0.25) is 0 Å². The zero-order chi connectivity index (χ0) is 15.0. The summed E-state index contributed by atoms with van der Waals surface area (Å²) in [6.07, 6.45) is 0.326. The molecule has 0 aromatic carbocycles. The number of carbonyl (C=O) groups excluding carboxylic acids is 1. The monoisotopic (exact) mass is 307 g/mol. The number of aliphatic hydroxyl groups is 1. The van der Waals surface area contributed by atoms with Gasteiger partial charge in [-0.2, -0.15) is 0 Å². The Morgan fingerprint density at radius 3 is 2.10 bits per heavy atom. The Labute approximate surface area is 121 Å². The van der Waals surface area contributed by atoms with Crippen molar-refractivity contribution >= 4 is 14.9 Å². The van der Waals surface area contributed by atoms with Crippen LogP contribution in [0.2, 0.25) is 0 Å². The molecule has 1 aliphatic heterocycles. The van der Waals surface area contributed by atoms with E-state index in [0.717, 1.165) is 6.42 Å². The second-order valence-corrected chi connectivity index (χ2v) is 6.98. The van der Waals surface area contributed by atoms with Gasteiger partial charge in [0.25, 0.3) is 0 Å². The van der Waals surface area contributed by atoms with E-state index in [0.29, 0.717) is 26.4 Å². The van der Waals surface area contributed by atoms with Crippen LogP contribution in [0, 0.1) is 0 Å². The van der Waals surface area contributed by atoms with E-state index in [1.165, 1.54) is 0 Å². The Bertz CT molecular complexity index is 287. The minimum absolute atomic E-state index is 0.00544. The standard InChI is InChI=1S/C12H25NO6Si/c1-4-17-20(18-5-2,19-6-3)11-7-8-13(11)12(15)16-10-9-14/h11,14H,4-10H2,1-3H3. The van der Waals surface area contributed by atoms with Gasteiger partial charge in [0.05, 0.1) is 6.61 Å². The summed E-state index contributed by atoms with van der Waals surface area (Å²) in [5, 5.41) is 8.70. The summed E-state index contributed by atoms with van der Waals surface area (Å²) in [5.74, 6) is 0. The third-order valence-electron chi connectivity index (χ3n) is 3.02. The maximum absolute atomic E-state index is 11.9. The molecule has 118 valence electrons. The van der Waals surface area contributed by atoms with Gasteiger partial charge in [-0.15, -0.1) is 0 Å². The molecule has 1 unspecified atom stereocenters. The van der Waals surface area contributed by atoms with Gasteiger partial charge < -0.3 is 28.0 Å². The van der Waals surface area contributed by atoms with Crippen LogP contribution >= 0.6 is 0 Å². The quantitative estimate of drug-likeness (QED) is 0.634. The molecule has 1 saturated heterocycles. The summed E-state index contributed by atoms with van der Waals surface area (Å²) in [6.45, 7) is 7.47. The molecule has 0 radical (unpaired) electrons. The first-order valence-electron chi connectivity index (χ1n) is 7.11. The van der Waals surface area contributed by atoms with Crippen molar-refractivity contribution in [3.63, 3.8) is 0 Å². The number of rotatable bonds is 9. The Morgan fingerprint density at radius 1 is 1.20 bits per heavy atom. The summed E-state index contributed by atoms with van der Waals surface area (Å²) in [7, 11) is -2.91. The zero-order valence-corrected chi connectivity index (χ0v) is 13.5. The smallest absolute Gasteiger partial charge is 0.447 e. The molecule has 1 N–H and O–H groups in total. The van der Waals surface area contributed by atoms with Crippen LogP contribution in [-0.2, 0) is 18.0 Å². The van der Waals surface area contributed by atoms with Crippen molar-refractivity contribution in [1.82, 2.24) is 4.90 Å². The molecule has 1 aliphatic rings. The third kappa shape index (κ3) is 3.92. The molecule has 0 bridgehead atoms. The fraction of sp³-hybridized carbons (Fsp3) is 0.917. The molecule has 7 nitrogen and oxygen atoms in total. The highest BCUT2D eigenvalue weighted by Gasteiger charge is 2.57. The highest BCUT2D eigenvalue weighted by molar-refractivity contribution is 6.63. The van der Waals surface area contributed by atoms with Gasteiger partial charge in [-0.1, -0.05) is 0 Å². The van der Waals surface area contributed by atoms with Crippen molar-refractivity contribution in [1.29, 1.82) is 0 Å². The second kappa shape index (κ2) is 8.58. The largest absolute Gasteiger partial charge is 0.524 e. The fourth-order valence-electron chi connectivity index (χ4n) is 2.21. The molecule has 20 heavy (non-hydrogen) atoms. The highest BCUT2D eigenvalue weighted by atomic mass is 28.4. The Hall–Kier alpha value is -0.673.